The molecule has 19 heavy (non-hydrogen) atoms. The van der Waals surface area contributed by atoms with Crippen molar-refractivity contribution in [2.75, 3.05) is 5.32 Å². The fourth-order valence-electron chi connectivity index (χ4n) is 2.60. The first-order chi connectivity index (χ1) is 9.13. The maximum absolute atomic E-state index is 13.6. The molecule has 1 aliphatic rings. The second-order valence-corrected chi connectivity index (χ2v) is 5.14. The van der Waals surface area contributed by atoms with Gasteiger partial charge in [0, 0.05) is 10.7 Å². The zero-order valence-corrected chi connectivity index (χ0v) is 10.8. The second kappa shape index (κ2) is 4.82. The van der Waals surface area contributed by atoms with Gasteiger partial charge in [0.05, 0.1) is 6.04 Å². The SMILES string of the molecule is Fc1cc(Cl)cc(NC2CCc3c(F)cccc32)c1. The zero-order chi connectivity index (χ0) is 13.4. The van der Waals surface area contributed by atoms with E-state index in [1.807, 2.05) is 6.07 Å². The minimum absolute atomic E-state index is 0.00330. The molecule has 1 nitrogen and oxygen atoms in total. The van der Waals surface area contributed by atoms with Crippen molar-refractivity contribution in [3.05, 3.63) is 64.2 Å². The molecular weight excluding hydrogens is 268 g/mol. The standard InChI is InChI=1S/C15H12ClF2N/c16-9-6-10(17)8-11(7-9)19-15-5-4-12-13(15)2-1-3-14(12)18/h1-3,6-8,15,19H,4-5H2. The van der Waals surface area contributed by atoms with Crippen molar-refractivity contribution in [3.8, 4) is 0 Å². The lowest BCUT2D eigenvalue weighted by atomic mass is 10.1. The quantitative estimate of drug-likeness (QED) is 0.839. The van der Waals surface area contributed by atoms with Crippen molar-refractivity contribution < 1.29 is 8.78 Å². The highest BCUT2D eigenvalue weighted by Gasteiger charge is 2.24. The van der Waals surface area contributed by atoms with Crippen LogP contribution in [0.3, 0.4) is 0 Å². The van der Waals surface area contributed by atoms with Crippen LogP contribution in [0.2, 0.25) is 5.02 Å². The molecule has 0 saturated heterocycles. The molecule has 1 unspecified atom stereocenters. The van der Waals surface area contributed by atoms with Gasteiger partial charge in [0.15, 0.2) is 0 Å². The average molecular weight is 280 g/mol. The van der Waals surface area contributed by atoms with Gasteiger partial charge in [0.1, 0.15) is 11.6 Å². The smallest absolute Gasteiger partial charge is 0.126 e. The molecule has 0 aliphatic heterocycles. The Morgan fingerprint density at radius 3 is 2.79 bits per heavy atom. The van der Waals surface area contributed by atoms with E-state index in [-0.39, 0.29) is 17.7 Å². The van der Waals surface area contributed by atoms with Gasteiger partial charge in [-0.1, -0.05) is 23.7 Å². The summed E-state index contributed by atoms with van der Waals surface area (Å²) in [5.41, 5.74) is 2.31. The maximum atomic E-state index is 13.6. The van der Waals surface area contributed by atoms with E-state index in [1.54, 1.807) is 12.1 Å². The molecule has 4 heteroatoms. The van der Waals surface area contributed by atoms with Crippen LogP contribution in [0.5, 0.6) is 0 Å². The molecule has 0 saturated carbocycles. The van der Waals surface area contributed by atoms with Crippen LogP contribution in [0, 0.1) is 11.6 Å². The van der Waals surface area contributed by atoms with Gasteiger partial charge in [-0.25, -0.2) is 8.78 Å². The van der Waals surface area contributed by atoms with Gasteiger partial charge < -0.3 is 5.32 Å². The van der Waals surface area contributed by atoms with Crippen LogP contribution in [-0.4, -0.2) is 0 Å². The van der Waals surface area contributed by atoms with Gasteiger partial charge in [-0.2, -0.15) is 0 Å². The first kappa shape index (κ1) is 12.4. The molecule has 0 bridgehead atoms. The highest BCUT2D eigenvalue weighted by molar-refractivity contribution is 6.30. The third kappa shape index (κ3) is 2.43. The number of hydrogen-bond acceptors (Lipinski definition) is 1. The summed E-state index contributed by atoms with van der Waals surface area (Å²) in [5, 5.41) is 3.56. The van der Waals surface area contributed by atoms with Crippen molar-refractivity contribution in [3.63, 3.8) is 0 Å². The minimum atomic E-state index is -0.382. The lowest BCUT2D eigenvalue weighted by Gasteiger charge is -2.16. The Hall–Kier alpha value is -1.61. The number of fused-ring (bicyclic) bond motifs is 1. The van der Waals surface area contributed by atoms with Gasteiger partial charge in [0.25, 0.3) is 0 Å². The maximum Gasteiger partial charge on any atom is 0.126 e. The largest absolute Gasteiger partial charge is 0.378 e. The summed E-state index contributed by atoms with van der Waals surface area (Å²) >= 11 is 5.82. The van der Waals surface area contributed by atoms with E-state index in [0.717, 1.165) is 17.5 Å². The highest BCUT2D eigenvalue weighted by atomic mass is 35.5. The number of hydrogen-bond donors (Lipinski definition) is 1. The Balaban J connectivity index is 1.89. The number of halogens is 3. The summed E-state index contributed by atoms with van der Waals surface area (Å²) < 4.78 is 26.9. The zero-order valence-electron chi connectivity index (χ0n) is 10.1. The van der Waals surface area contributed by atoms with Crippen LogP contribution in [0.15, 0.2) is 36.4 Å². The molecule has 2 aromatic carbocycles. The lowest BCUT2D eigenvalue weighted by Crippen LogP contribution is -2.07. The summed E-state index contributed by atoms with van der Waals surface area (Å²) in [6.07, 6.45) is 1.49. The Morgan fingerprint density at radius 2 is 2.00 bits per heavy atom. The third-order valence-electron chi connectivity index (χ3n) is 3.42. The van der Waals surface area contributed by atoms with Gasteiger partial charge in [0.2, 0.25) is 0 Å². The summed E-state index contributed by atoms with van der Waals surface area (Å²) in [6, 6.07) is 9.40. The molecule has 0 heterocycles. The van der Waals surface area contributed by atoms with E-state index >= 15 is 0 Å². The molecule has 98 valence electrons. The summed E-state index contributed by atoms with van der Waals surface area (Å²) in [4.78, 5) is 0. The Kier molecular flexibility index (Phi) is 3.15. The predicted octanol–water partition coefficient (Wildman–Crippen LogP) is 4.72. The predicted molar refractivity (Wildman–Crippen MR) is 72.5 cm³/mol. The van der Waals surface area contributed by atoms with Gasteiger partial charge in [-0.05, 0) is 48.2 Å². The Labute approximate surface area is 115 Å². The fourth-order valence-corrected chi connectivity index (χ4v) is 2.82. The molecule has 0 fully saturated rings. The summed E-state index contributed by atoms with van der Waals surface area (Å²) in [6.45, 7) is 0. The fraction of sp³-hybridized carbons (Fsp3) is 0.200. The molecule has 1 N–H and O–H groups in total. The van der Waals surface area contributed by atoms with Crippen LogP contribution in [-0.2, 0) is 6.42 Å². The number of nitrogens with one attached hydrogen (secondary N) is 1. The van der Waals surface area contributed by atoms with Crippen LogP contribution in [0.4, 0.5) is 14.5 Å². The molecule has 0 aromatic heterocycles. The van der Waals surface area contributed by atoms with Gasteiger partial charge in [-0.15, -0.1) is 0 Å². The van der Waals surface area contributed by atoms with Crippen LogP contribution in [0.1, 0.15) is 23.6 Å². The van der Waals surface area contributed by atoms with E-state index in [2.05, 4.69) is 5.32 Å². The van der Waals surface area contributed by atoms with Gasteiger partial charge >= 0.3 is 0 Å². The highest BCUT2D eigenvalue weighted by Crippen LogP contribution is 2.35. The van der Waals surface area contributed by atoms with E-state index in [0.29, 0.717) is 17.1 Å². The minimum Gasteiger partial charge on any atom is -0.378 e. The number of rotatable bonds is 2. The molecule has 0 spiro atoms. The monoisotopic (exact) mass is 279 g/mol. The third-order valence-corrected chi connectivity index (χ3v) is 3.64. The average Bonchev–Trinajstić information content (AvgIpc) is 2.73. The van der Waals surface area contributed by atoms with Gasteiger partial charge in [-0.3, -0.25) is 0 Å². The van der Waals surface area contributed by atoms with Crippen molar-refractivity contribution in [1.29, 1.82) is 0 Å². The molecule has 1 atom stereocenters. The lowest BCUT2D eigenvalue weighted by molar-refractivity contribution is 0.612. The Morgan fingerprint density at radius 1 is 1.16 bits per heavy atom. The van der Waals surface area contributed by atoms with Crippen LogP contribution >= 0.6 is 11.6 Å². The van der Waals surface area contributed by atoms with Crippen molar-refractivity contribution in [2.24, 2.45) is 0 Å². The van der Waals surface area contributed by atoms with E-state index < -0.39 is 0 Å². The van der Waals surface area contributed by atoms with E-state index in [1.165, 1.54) is 18.2 Å². The first-order valence-electron chi connectivity index (χ1n) is 6.13. The van der Waals surface area contributed by atoms with Crippen molar-refractivity contribution >= 4 is 17.3 Å². The number of anilines is 1. The normalized spacial score (nSPS) is 17.3. The Bertz CT molecular complexity index is 607. The molecular formula is C15H12ClF2N. The molecule has 1 aliphatic carbocycles. The second-order valence-electron chi connectivity index (χ2n) is 4.70. The summed E-state index contributed by atoms with van der Waals surface area (Å²) in [5.74, 6) is -0.550. The van der Waals surface area contributed by atoms with Crippen LogP contribution in [0.25, 0.3) is 0 Å². The van der Waals surface area contributed by atoms with Crippen molar-refractivity contribution in [1.82, 2.24) is 0 Å². The summed E-state index contributed by atoms with van der Waals surface area (Å²) in [7, 11) is 0. The van der Waals surface area contributed by atoms with Crippen molar-refractivity contribution in [2.45, 2.75) is 18.9 Å². The molecule has 0 radical (unpaired) electrons. The topological polar surface area (TPSA) is 12.0 Å². The first-order valence-corrected chi connectivity index (χ1v) is 6.51. The molecule has 0 amide bonds. The van der Waals surface area contributed by atoms with Crippen LogP contribution < -0.4 is 5.32 Å². The van der Waals surface area contributed by atoms with E-state index in [4.69, 9.17) is 11.6 Å². The van der Waals surface area contributed by atoms with E-state index in [9.17, 15) is 8.78 Å². The molecule has 3 rings (SSSR count). The molecule has 2 aromatic rings. The number of benzene rings is 2.